The van der Waals surface area contributed by atoms with Gasteiger partial charge in [0.2, 0.25) is 17.7 Å². The number of imide groups is 1. The van der Waals surface area contributed by atoms with E-state index >= 15 is 0 Å². The Morgan fingerprint density at radius 3 is 1.90 bits per heavy atom. The molecule has 1 aromatic carbocycles. The number of hydrogen-bond acceptors (Lipinski definition) is 12. The van der Waals surface area contributed by atoms with Gasteiger partial charge in [0.1, 0.15) is 29.9 Å². The summed E-state index contributed by atoms with van der Waals surface area (Å²) in [7, 11) is 0. The fourth-order valence-electron chi connectivity index (χ4n) is 5.92. The molecule has 1 fully saturated rings. The van der Waals surface area contributed by atoms with Crippen molar-refractivity contribution in [2.24, 2.45) is 5.41 Å². The van der Waals surface area contributed by atoms with Crippen molar-refractivity contribution in [1.29, 1.82) is 0 Å². The van der Waals surface area contributed by atoms with Crippen LogP contribution in [0.2, 0.25) is 0 Å². The highest BCUT2D eigenvalue weighted by Gasteiger charge is 2.42. The maximum atomic E-state index is 13.8. The molecule has 2 aromatic rings. The first-order chi connectivity index (χ1) is 28.2. The fraction of sp³-hybridized carbons (Fsp3) is 0.682. The van der Waals surface area contributed by atoms with Crippen LogP contribution in [0.1, 0.15) is 113 Å². The number of carbonyl (C=O) groups excluding carboxylic acids is 5. The van der Waals surface area contributed by atoms with Gasteiger partial charge in [-0.3, -0.25) is 14.4 Å². The van der Waals surface area contributed by atoms with E-state index in [2.05, 4.69) is 15.6 Å². The van der Waals surface area contributed by atoms with Crippen LogP contribution in [-0.2, 0) is 44.6 Å². The van der Waals surface area contributed by atoms with Crippen LogP contribution >= 0.6 is 11.3 Å². The number of benzene rings is 1. The van der Waals surface area contributed by atoms with E-state index in [1.54, 1.807) is 57.8 Å². The zero-order valence-corrected chi connectivity index (χ0v) is 38.9. The summed E-state index contributed by atoms with van der Waals surface area (Å²) in [6.45, 7) is 24.0. The van der Waals surface area contributed by atoms with Gasteiger partial charge >= 0.3 is 12.2 Å². The van der Waals surface area contributed by atoms with E-state index in [-0.39, 0.29) is 38.2 Å². The van der Waals surface area contributed by atoms with E-state index in [1.807, 2.05) is 71.3 Å². The third-order valence-corrected chi connectivity index (χ3v) is 9.74. The molecule has 0 spiro atoms. The average Bonchev–Trinajstić information content (AvgIpc) is 3.83. The fourth-order valence-corrected chi connectivity index (χ4v) is 6.73. The smallest absolute Gasteiger partial charge is 0.419 e. The number of nitrogens with one attached hydrogen (secondary N) is 2. The highest BCUT2D eigenvalue weighted by Crippen LogP contribution is 2.28. The number of aryl methyl sites for hydroxylation is 1. The molecular weight excluding hydrogens is 791 g/mol. The minimum atomic E-state index is -0.844. The third kappa shape index (κ3) is 18.7. The summed E-state index contributed by atoms with van der Waals surface area (Å²) >= 11 is 1.59. The highest BCUT2D eigenvalue weighted by molar-refractivity contribution is 7.13. The number of amides is 5. The number of likely N-dealkylation sites (tertiary alicyclic amines) is 1. The molecule has 16 heteroatoms. The maximum Gasteiger partial charge on any atom is 0.419 e. The molecule has 15 nitrogen and oxygen atoms in total. The van der Waals surface area contributed by atoms with Crippen LogP contribution in [0, 0.1) is 12.3 Å². The van der Waals surface area contributed by atoms with E-state index in [1.165, 1.54) is 0 Å². The molecule has 1 aromatic heterocycles. The summed E-state index contributed by atoms with van der Waals surface area (Å²) in [5.74, 6) is -0.920. The second-order valence-electron chi connectivity index (χ2n) is 17.3. The largest absolute Gasteiger partial charge is 0.443 e. The molecular formula is C44H71N5O10S. The summed E-state index contributed by atoms with van der Waals surface area (Å²) in [6, 6.07) is 6.54. The highest BCUT2D eigenvalue weighted by atomic mass is 32.1. The summed E-state index contributed by atoms with van der Waals surface area (Å²) in [4.78, 5) is 73.2. The van der Waals surface area contributed by atoms with E-state index in [4.69, 9.17) is 23.7 Å². The predicted molar refractivity (Wildman–Crippen MR) is 232 cm³/mol. The lowest BCUT2D eigenvalue weighted by Crippen LogP contribution is -2.58. The van der Waals surface area contributed by atoms with Crippen molar-refractivity contribution in [3.63, 3.8) is 0 Å². The zero-order chi connectivity index (χ0) is 45.1. The maximum absolute atomic E-state index is 13.8. The van der Waals surface area contributed by atoms with Gasteiger partial charge in [-0.05, 0) is 90.7 Å². The molecule has 1 saturated heterocycles. The monoisotopic (exact) mass is 861 g/mol. The van der Waals surface area contributed by atoms with E-state index in [0.29, 0.717) is 58.6 Å². The zero-order valence-electron chi connectivity index (χ0n) is 38.1. The summed E-state index contributed by atoms with van der Waals surface area (Å²) < 4.78 is 27.5. The molecule has 2 N–H and O–H groups in total. The number of thiazole rings is 1. The van der Waals surface area contributed by atoms with Crippen LogP contribution in [0.5, 0.6) is 0 Å². The van der Waals surface area contributed by atoms with Crippen molar-refractivity contribution < 1.29 is 47.7 Å². The van der Waals surface area contributed by atoms with Crippen molar-refractivity contribution in [3.8, 4) is 10.4 Å². The molecule has 0 radical (unpaired) electrons. The molecule has 2 atom stereocenters. The topological polar surface area (TPSA) is 175 Å². The van der Waals surface area contributed by atoms with Crippen molar-refractivity contribution in [2.75, 3.05) is 52.7 Å². The predicted octanol–water partition coefficient (Wildman–Crippen LogP) is 7.29. The van der Waals surface area contributed by atoms with Crippen LogP contribution < -0.4 is 10.6 Å². The number of carbonyl (C=O) groups is 5. The average molecular weight is 862 g/mol. The number of rotatable bonds is 19. The van der Waals surface area contributed by atoms with Gasteiger partial charge in [0.25, 0.3) is 0 Å². The number of aromatic nitrogens is 1. The van der Waals surface area contributed by atoms with E-state index in [9.17, 15) is 24.0 Å². The van der Waals surface area contributed by atoms with Gasteiger partial charge in [-0.15, -0.1) is 11.3 Å². The lowest BCUT2D eigenvalue weighted by Gasteiger charge is -2.35. The Hall–Kier alpha value is -4.12. The lowest BCUT2D eigenvalue weighted by atomic mass is 9.85. The number of ether oxygens (including phenoxy) is 5. The van der Waals surface area contributed by atoms with Crippen molar-refractivity contribution in [3.05, 3.63) is 41.0 Å². The first kappa shape index (κ1) is 52.0. The molecule has 2 heterocycles. The van der Waals surface area contributed by atoms with Gasteiger partial charge < -0.3 is 39.2 Å². The minimum absolute atomic E-state index is 0.0260. The molecule has 1 aliphatic heterocycles. The molecule has 2 unspecified atom stereocenters. The van der Waals surface area contributed by atoms with Gasteiger partial charge in [-0.1, -0.05) is 58.9 Å². The summed E-state index contributed by atoms with van der Waals surface area (Å²) in [5, 5.41) is 5.86. The second-order valence-corrected chi connectivity index (χ2v) is 18.2. The molecule has 3 rings (SSSR count). The van der Waals surface area contributed by atoms with Crippen LogP contribution in [0.4, 0.5) is 9.59 Å². The first-order valence-corrected chi connectivity index (χ1v) is 21.9. The quantitative estimate of drug-likeness (QED) is 0.136. The second kappa shape index (κ2) is 25.0. The Morgan fingerprint density at radius 2 is 1.38 bits per heavy atom. The Kier molecular flexibility index (Phi) is 21.6. The Morgan fingerprint density at radius 1 is 0.833 bits per heavy atom. The van der Waals surface area contributed by atoms with Crippen LogP contribution in [0.15, 0.2) is 29.8 Å². The first-order valence-electron chi connectivity index (χ1n) is 21.0. The van der Waals surface area contributed by atoms with E-state index in [0.717, 1.165) is 26.6 Å². The van der Waals surface area contributed by atoms with Crippen LogP contribution in [0.25, 0.3) is 10.4 Å². The van der Waals surface area contributed by atoms with Crippen molar-refractivity contribution in [2.45, 2.75) is 139 Å². The molecule has 0 aliphatic carbocycles. The van der Waals surface area contributed by atoms with Crippen LogP contribution in [0.3, 0.4) is 0 Å². The standard InChI is InChI=1S/C42H65N5O10S.C2H6/c1-29-34(58-28-44-29)31-17-15-30(16-18-31)26-43-36(49)32-14-11-19-46(32)37(50)35(40(2,3)4)45-33(48)27-55-24-13-22-53-21-12-23-54-25-20-47(38(51)56-41(5,6)7)39(52)57-42(8,9)10;1-2/h15-18,28,32,35H,11-14,19-27H2,1-10H3,(H,43,49)(H,45,48);1-2H3. The minimum Gasteiger partial charge on any atom is -0.443 e. The molecule has 0 bridgehead atoms. The molecule has 338 valence electrons. The van der Waals surface area contributed by atoms with E-state index < -0.39 is 46.8 Å². The summed E-state index contributed by atoms with van der Waals surface area (Å²) in [5.41, 5.74) is 2.68. The van der Waals surface area contributed by atoms with Gasteiger partial charge in [0.05, 0.1) is 29.2 Å². The summed E-state index contributed by atoms with van der Waals surface area (Å²) in [6.07, 6.45) is 0.785. The molecule has 0 saturated carbocycles. The number of nitrogens with zero attached hydrogens (tertiary/aromatic N) is 3. The molecule has 5 amide bonds. The normalized spacial score (nSPS) is 14.7. The number of hydrogen-bond donors (Lipinski definition) is 2. The SMILES string of the molecule is CC.Cc1ncsc1-c1ccc(CNC(=O)C2CCCN2C(=O)C(NC(=O)COCCCOCCCOCCN(C(=O)OC(C)(C)C)C(=O)OC(C)(C)C)C(C)(C)C)cc1. The van der Waals surface area contributed by atoms with Crippen LogP contribution in [-0.4, -0.2) is 121 Å². The lowest BCUT2D eigenvalue weighted by molar-refractivity contribution is -0.144. The van der Waals surface area contributed by atoms with Crippen molar-refractivity contribution >= 4 is 41.2 Å². The Balaban J connectivity index is 0.00000610. The third-order valence-electron chi connectivity index (χ3n) is 8.76. The van der Waals surface area contributed by atoms with Gasteiger partial charge in [-0.2, -0.15) is 0 Å². The Bertz CT molecular complexity index is 1620. The Labute approximate surface area is 361 Å². The van der Waals surface area contributed by atoms with Gasteiger partial charge in [0, 0.05) is 39.5 Å². The molecule has 60 heavy (non-hydrogen) atoms. The molecule has 1 aliphatic rings. The van der Waals surface area contributed by atoms with Gasteiger partial charge in [-0.25, -0.2) is 19.5 Å². The van der Waals surface area contributed by atoms with Crippen molar-refractivity contribution in [1.82, 2.24) is 25.4 Å². The van der Waals surface area contributed by atoms with Gasteiger partial charge in [0.15, 0.2) is 0 Å².